The molecule has 148 valence electrons. The molecule has 0 heterocycles. The van der Waals surface area contributed by atoms with Gasteiger partial charge in [-0.3, -0.25) is 0 Å². The molecule has 2 fully saturated rings. The van der Waals surface area contributed by atoms with E-state index in [2.05, 4.69) is 13.8 Å². The second-order valence-corrected chi connectivity index (χ2v) is 9.10. The van der Waals surface area contributed by atoms with E-state index in [-0.39, 0.29) is 0 Å². The zero-order valence-corrected chi connectivity index (χ0v) is 17.4. The van der Waals surface area contributed by atoms with Crippen molar-refractivity contribution in [1.82, 2.24) is 0 Å². The van der Waals surface area contributed by atoms with E-state index in [1.807, 2.05) is 0 Å². The quantitative estimate of drug-likeness (QED) is 0.325. The topological polar surface area (TPSA) is 9.23 Å². The first-order valence-electron chi connectivity index (χ1n) is 11.9. The van der Waals surface area contributed by atoms with Crippen LogP contribution in [0.25, 0.3) is 0 Å². The van der Waals surface area contributed by atoms with Crippen molar-refractivity contribution in [2.24, 2.45) is 17.8 Å². The lowest BCUT2D eigenvalue weighted by molar-refractivity contribution is 0.00726. The van der Waals surface area contributed by atoms with Gasteiger partial charge in [0, 0.05) is 6.61 Å². The van der Waals surface area contributed by atoms with Crippen LogP contribution in [0.5, 0.6) is 0 Å². The Morgan fingerprint density at radius 3 is 1.76 bits per heavy atom. The third kappa shape index (κ3) is 8.46. The van der Waals surface area contributed by atoms with Gasteiger partial charge in [0.05, 0.1) is 6.10 Å². The highest BCUT2D eigenvalue weighted by Gasteiger charge is 2.30. The fourth-order valence-corrected chi connectivity index (χ4v) is 5.35. The first-order chi connectivity index (χ1) is 12.3. The van der Waals surface area contributed by atoms with E-state index in [0.29, 0.717) is 6.10 Å². The second kappa shape index (κ2) is 13.2. The molecule has 0 bridgehead atoms. The van der Waals surface area contributed by atoms with Crippen LogP contribution in [0.4, 0.5) is 0 Å². The average molecular weight is 351 g/mol. The molecule has 0 aromatic heterocycles. The molecule has 2 aliphatic carbocycles. The maximum Gasteiger partial charge on any atom is 0.0575 e. The zero-order chi connectivity index (χ0) is 17.7. The van der Waals surface area contributed by atoms with Gasteiger partial charge < -0.3 is 4.74 Å². The normalized spacial score (nSPS) is 30.5. The van der Waals surface area contributed by atoms with E-state index >= 15 is 0 Å². The lowest BCUT2D eigenvalue weighted by Gasteiger charge is -2.37. The van der Waals surface area contributed by atoms with Crippen LogP contribution in [0.3, 0.4) is 0 Å². The highest BCUT2D eigenvalue weighted by molar-refractivity contribution is 4.82. The molecule has 0 aliphatic heterocycles. The van der Waals surface area contributed by atoms with Crippen molar-refractivity contribution in [3.63, 3.8) is 0 Å². The van der Waals surface area contributed by atoms with Crippen molar-refractivity contribution in [3.8, 4) is 0 Å². The maximum atomic E-state index is 5.97. The van der Waals surface area contributed by atoms with Gasteiger partial charge in [-0.05, 0) is 62.7 Å². The number of unbranched alkanes of at least 4 members (excludes halogenated alkanes) is 6. The number of ether oxygens (including phenoxy) is 1. The summed E-state index contributed by atoms with van der Waals surface area (Å²) in [7, 11) is 0. The first kappa shape index (κ1) is 21.3. The van der Waals surface area contributed by atoms with E-state index in [4.69, 9.17) is 4.74 Å². The van der Waals surface area contributed by atoms with Crippen molar-refractivity contribution in [3.05, 3.63) is 0 Å². The summed E-state index contributed by atoms with van der Waals surface area (Å²) in [6.45, 7) is 5.50. The summed E-state index contributed by atoms with van der Waals surface area (Å²) in [5.74, 6) is 3.15. The smallest absolute Gasteiger partial charge is 0.0575 e. The lowest BCUT2D eigenvalue weighted by Crippen LogP contribution is -2.28. The Labute approximate surface area is 158 Å². The largest absolute Gasteiger partial charge is 0.378 e. The molecule has 1 heteroatoms. The van der Waals surface area contributed by atoms with E-state index in [1.54, 1.807) is 0 Å². The van der Waals surface area contributed by atoms with Crippen LogP contribution >= 0.6 is 0 Å². The standard InChI is InChI=1S/C24H46O/c1-3-5-6-7-8-9-10-11-21-12-14-22(15-13-21)23-16-18-24(19-17-23)25-20-4-2/h21-24H,3-20H2,1-2H3/t21?,22?,23-,24-. The van der Waals surface area contributed by atoms with Crippen LogP contribution in [0.2, 0.25) is 0 Å². The minimum Gasteiger partial charge on any atom is -0.378 e. The molecule has 0 spiro atoms. The van der Waals surface area contributed by atoms with Crippen molar-refractivity contribution < 1.29 is 4.74 Å². The van der Waals surface area contributed by atoms with Crippen LogP contribution < -0.4 is 0 Å². The van der Waals surface area contributed by atoms with E-state index in [1.165, 1.54) is 109 Å². The summed E-state index contributed by atoms with van der Waals surface area (Å²) in [6.07, 6.45) is 25.2. The van der Waals surface area contributed by atoms with Gasteiger partial charge in [0.1, 0.15) is 0 Å². The Morgan fingerprint density at radius 1 is 0.600 bits per heavy atom. The summed E-state index contributed by atoms with van der Waals surface area (Å²) >= 11 is 0. The third-order valence-corrected chi connectivity index (χ3v) is 7.05. The Bertz CT molecular complexity index is 297. The van der Waals surface area contributed by atoms with Gasteiger partial charge in [0.25, 0.3) is 0 Å². The van der Waals surface area contributed by atoms with Gasteiger partial charge in [-0.15, -0.1) is 0 Å². The molecular weight excluding hydrogens is 304 g/mol. The van der Waals surface area contributed by atoms with Crippen LogP contribution in [-0.4, -0.2) is 12.7 Å². The third-order valence-electron chi connectivity index (χ3n) is 7.05. The van der Waals surface area contributed by atoms with Crippen LogP contribution in [0.1, 0.15) is 123 Å². The van der Waals surface area contributed by atoms with Gasteiger partial charge in [-0.25, -0.2) is 0 Å². The van der Waals surface area contributed by atoms with Crippen molar-refractivity contribution in [2.75, 3.05) is 6.61 Å². The molecule has 2 aliphatic rings. The molecule has 0 atom stereocenters. The summed E-state index contributed by atoms with van der Waals surface area (Å²) < 4.78 is 5.97. The Morgan fingerprint density at radius 2 is 1.16 bits per heavy atom. The molecule has 0 aromatic carbocycles. The van der Waals surface area contributed by atoms with Crippen molar-refractivity contribution >= 4 is 0 Å². The van der Waals surface area contributed by atoms with Crippen LogP contribution in [0, 0.1) is 17.8 Å². The van der Waals surface area contributed by atoms with Crippen LogP contribution in [-0.2, 0) is 4.74 Å². The molecule has 0 unspecified atom stereocenters. The second-order valence-electron chi connectivity index (χ2n) is 9.10. The van der Waals surface area contributed by atoms with Gasteiger partial charge in [0.15, 0.2) is 0 Å². The monoisotopic (exact) mass is 350 g/mol. The molecule has 25 heavy (non-hydrogen) atoms. The van der Waals surface area contributed by atoms with E-state index < -0.39 is 0 Å². The lowest BCUT2D eigenvalue weighted by atomic mass is 9.70. The number of hydrogen-bond donors (Lipinski definition) is 0. The summed E-state index contributed by atoms with van der Waals surface area (Å²) in [5.41, 5.74) is 0. The molecule has 2 saturated carbocycles. The highest BCUT2D eigenvalue weighted by Crippen LogP contribution is 2.41. The minimum absolute atomic E-state index is 0.588. The molecule has 0 aromatic rings. The van der Waals surface area contributed by atoms with E-state index in [9.17, 15) is 0 Å². The van der Waals surface area contributed by atoms with Crippen LogP contribution in [0.15, 0.2) is 0 Å². The Balaban J connectivity index is 1.49. The predicted molar refractivity (Wildman–Crippen MR) is 110 cm³/mol. The SMILES string of the molecule is CCCCCCCCCC1CCC([C@H]2CC[C@H](OCCC)CC2)CC1. The molecule has 0 saturated heterocycles. The molecule has 2 rings (SSSR count). The van der Waals surface area contributed by atoms with Crippen molar-refractivity contribution in [1.29, 1.82) is 0 Å². The summed E-state index contributed by atoms with van der Waals surface area (Å²) in [5, 5.41) is 0. The molecule has 0 radical (unpaired) electrons. The molecule has 0 N–H and O–H groups in total. The van der Waals surface area contributed by atoms with Gasteiger partial charge in [0.2, 0.25) is 0 Å². The first-order valence-corrected chi connectivity index (χ1v) is 11.9. The Hall–Kier alpha value is -0.0400. The average Bonchev–Trinajstić information content (AvgIpc) is 2.66. The zero-order valence-electron chi connectivity index (χ0n) is 17.4. The van der Waals surface area contributed by atoms with E-state index in [0.717, 1.165) is 24.4 Å². The van der Waals surface area contributed by atoms with Gasteiger partial charge in [-0.2, -0.15) is 0 Å². The fraction of sp³-hybridized carbons (Fsp3) is 1.00. The predicted octanol–water partition coefficient (Wildman–Crippen LogP) is 7.92. The summed E-state index contributed by atoms with van der Waals surface area (Å²) in [6, 6.07) is 0. The van der Waals surface area contributed by atoms with Crippen molar-refractivity contribution in [2.45, 2.75) is 129 Å². The molecular formula is C24H46O. The number of hydrogen-bond acceptors (Lipinski definition) is 1. The van der Waals surface area contributed by atoms with Gasteiger partial charge in [-0.1, -0.05) is 78.1 Å². The maximum absolute atomic E-state index is 5.97. The summed E-state index contributed by atoms with van der Waals surface area (Å²) in [4.78, 5) is 0. The number of rotatable bonds is 12. The van der Waals surface area contributed by atoms with Gasteiger partial charge >= 0.3 is 0 Å². The Kier molecular flexibility index (Phi) is 11.2. The molecule has 1 nitrogen and oxygen atoms in total. The fourth-order valence-electron chi connectivity index (χ4n) is 5.35. The molecule has 0 amide bonds. The highest BCUT2D eigenvalue weighted by atomic mass is 16.5. The minimum atomic E-state index is 0.588.